The van der Waals surface area contributed by atoms with E-state index in [-0.39, 0.29) is 17.4 Å². The van der Waals surface area contributed by atoms with Gasteiger partial charge in [0.15, 0.2) is 0 Å². The van der Waals surface area contributed by atoms with E-state index >= 15 is 0 Å². The fourth-order valence-electron chi connectivity index (χ4n) is 1.32. The zero-order chi connectivity index (χ0) is 8.10. The smallest absolute Gasteiger partial charge is 0.0434 e. The van der Waals surface area contributed by atoms with Gasteiger partial charge >= 0.3 is 0 Å². The van der Waals surface area contributed by atoms with Crippen molar-refractivity contribution in [2.24, 2.45) is 0 Å². The predicted octanol–water partition coefficient (Wildman–Crippen LogP) is 2.60. The first kappa shape index (κ1) is 11.7. The van der Waals surface area contributed by atoms with E-state index < -0.39 is 0 Å². The summed E-state index contributed by atoms with van der Waals surface area (Å²) in [7, 11) is 0. The fourth-order valence-corrected chi connectivity index (χ4v) is 1.32. The standard InChI is InChI=1S/C10H15N.Al/c1-3-9(4-2)10-7-5-6-8-11-10;/h5-9H,3-4H2,1-2H3;. The third kappa shape index (κ3) is 2.97. The second-order valence-electron chi connectivity index (χ2n) is 2.77. The lowest BCUT2D eigenvalue weighted by Gasteiger charge is -2.09. The lowest BCUT2D eigenvalue weighted by molar-refractivity contribution is 0.623. The van der Waals surface area contributed by atoms with Gasteiger partial charge in [-0.2, -0.15) is 0 Å². The molecule has 1 rings (SSSR count). The Hall–Kier alpha value is -0.318. The lowest BCUT2D eigenvalue weighted by atomic mass is 9.99. The molecule has 0 fully saturated rings. The van der Waals surface area contributed by atoms with E-state index in [4.69, 9.17) is 0 Å². The van der Waals surface area contributed by atoms with E-state index in [0.29, 0.717) is 5.92 Å². The third-order valence-corrected chi connectivity index (χ3v) is 2.09. The molecule has 0 saturated heterocycles. The Morgan fingerprint density at radius 3 is 2.33 bits per heavy atom. The molecule has 0 spiro atoms. The number of aromatic nitrogens is 1. The Morgan fingerprint density at radius 2 is 1.92 bits per heavy atom. The van der Waals surface area contributed by atoms with E-state index in [1.807, 2.05) is 12.3 Å². The first-order chi connectivity index (χ1) is 5.38. The van der Waals surface area contributed by atoms with Crippen molar-refractivity contribution in [2.75, 3.05) is 0 Å². The van der Waals surface area contributed by atoms with Crippen LogP contribution in [0, 0.1) is 0 Å². The van der Waals surface area contributed by atoms with Gasteiger partial charge in [-0.15, -0.1) is 0 Å². The van der Waals surface area contributed by atoms with Gasteiger partial charge < -0.3 is 0 Å². The van der Waals surface area contributed by atoms with Gasteiger partial charge in [0.05, 0.1) is 0 Å². The highest BCUT2D eigenvalue weighted by Crippen LogP contribution is 2.19. The van der Waals surface area contributed by atoms with Crippen LogP contribution in [-0.2, 0) is 0 Å². The average molecular weight is 176 g/mol. The van der Waals surface area contributed by atoms with Crippen LogP contribution >= 0.6 is 0 Å². The van der Waals surface area contributed by atoms with Crippen LogP contribution in [-0.4, -0.2) is 22.3 Å². The fraction of sp³-hybridized carbons (Fsp3) is 0.500. The van der Waals surface area contributed by atoms with Crippen LogP contribution in [0.15, 0.2) is 24.4 Å². The Kier molecular flexibility index (Phi) is 6.06. The SMILES string of the molecule is CCC(CC)c1ccccn1.[Al]. The minimum atomic E-state index is 0. The van der Waals surface area contributed by atoms with Crippen molar-refractivity contribution in [2.45, 2.75) is 32.6 Å². The Labute approximate surface area is 85.3 Å². The van der Waals surface area contributed by atoms with Crippen LogP contribution < -0.4 is 0 Å². The zero-order valence-corrected chi connectivity index (χ0v) is 8.98. The summed E-state index contributed by atoms with van der Waals surface area (Å²) in [6.07, 6.45) is 4.24. The molecular formula is C10H15AlN. The molecule has 0 aliphatic heterocycles. The van der Waals surface area contributed by atoms with Crippen molar-refractivity contribution in [3.63, 3.8) is 0 Å². The molecule has 2 heteroatoms. The molecule has 0 aliphatic rings. The number of nitrogens with zero attached hydrogens (tertiary/aromatic N) is 1. The maximum Gasteiger partial charge on any atom is 0.0434 e. The Morgan fingerprint density at radius 1 is 1.25 bits per heavy atom. The van der Waals surface area contributed by atoms with Crippen molar-refractivity contribution in [1.29, 1.82) is 0 Å². The summed E-state index contributed by atoms with van der Waals surface area (Å²) in [5.41, 5.74) is 1.23. The normalized spacial score (nSPS) is 9.58. The molecule has 0 aliphatic carbocycles. The number of pyridine rings is 1. The topological polar surface area (TPSA) is 12.9 Å². The van der Waals surface area contributed by atoms with Crippen molar-refractivity contribution < 1.29 is 0 Å². The molecular weight excluding hydrogens is 161 g/mol. The minimum Gasteiger partial charge on any atom is -0.261 e. The van der Waals surface area contributed by atoms with Gasteiger partial charge in [0, 0.05) is 35.2 Å². The Balaban J connectivity index is 0.00000121. The molecule has 1 aromatic heterocycles. The van der Waals surface area contributed by atoms with Crippen LogP contribution in [0.5, 0.6) is 0 Å². The molecule has 0 atom stereocenters. The number of hydrogen-bond acceptors (Lipinski definition) is 1. The second-order valence-corrected chi connectivity index (χ2v) is 2.77. The van der Waals surface area contributed by atoms with Gasteiger partial charge in [-0.3, -0.25) is 4.98 Å². The summed E-state index contributed by atoms with van der Waals surface area (Å²) in [5.74, 6) is 0.649. The highest BCUT2D eigenvalue weighted by Gasteiger charge is 2.05. The van der Waals surface area contributed by atoms with E-state index in [1.165, 1.54) is 18.5 Å². The van der Waals surface area contributed by atoms with Crippen molar-refractivity contribution in [1.82, 2.24) is 4.98 Å². The van der Waals surface area contributed by atoms with E-state index in [1.54, 1.807) is 0 Å². The number of rotatable bonds is 3. The van der Waals surface area contributed by atoms with Gasteiger partial charge in [-0.05, 0) is 25.0 Å². The van der Waals surface area contributed by atoms with Gasteiger partial charge in [-0.1, -0.05) is 19.9 Å². The summed E-state index contributed by atoms with van der Waals surface area (Å²) < 4.78 is 0. The summed E-state index contributed by atoms with van der Waals surface area (Å²) >= 11 is 0. The molecule has 0 unspecified atom stereocenters. The van der Waals surface area contributed by atoms with Gasteiger partial charge in [-0.25, -0.2) is 0 Å². The molecule has 12 heavy (non-hydrogen) atoms. The molecule has 0 amide bonds. The predicted molar refractivity (Wildman–Crippen MR) is 53.3 cm³/mol. The molecule has 1 aromatic rings. The third-order valence-electron chi connectivity index (χ3n) is 2.09. The summed E-state index contributed by atoms with van der Waals surface area (Å²) in [6, 6.07) is 6.13. The maximum absolute atomic E-state index is 4.32. The Bertz CT molecular complexity index is 194. The van der Waals surface area contributed by atoms with Crippen LogP contribution in [0.2, 0.25) is 0 Å². The lowest BCUT2D eigenvalue weighted by Crippen LogP contribution is -1.97. The zero-order valence-electron chi connectivity index (χ0n) is 7.83. The first-order valence-corrected chi connectivity index (χ1v) is 4.29. The van der Waals surface area contributed by atoms with Crippen LogP contribution in [0.25, 0.3) is 0 Å². The molecule has 63 valence electrons. The highest BCUT2D eigenvalue weighted by atomic mass is 27.0. The highest BCUT2D eigenvalue weighted by molar-refractivity contribution is 5.75. The van der Waals surface area contributed by atoms with E-state index in [0.717, 1.165) is 0 Å². The molecule has 1 nitrogen and oxygen atoms in total. The van der Waals surface area contributed by atoms with Gasteiger partial charge in [0.25, 0.3) is 0 Å². The maximum atomic E-state index is 4.32. The van der Waals surface area contributed by atoms with E-state index in [2.05, 4.69) is 31.0 Å². The molecule has 0 bridgehead atoms. The molecule has 1 heterocycles. The monoisotopic (exact) mass is 176 g/mol. The van der Waals surface area contributed by atoms with Gasteiger partial charge in [0.2, 0.25) is 0 Å². The largest absolute Gasteiger partial charge is 0.261 e. The van der Waals surface area contributed by atoms with Crippen LogP contribution in [0.1, 0.15) is 38.3 Å². The minimum absolute atomic E-state index is 0. The first-order valence-electron chi connectivity index (χ1n) is 4.29. The van der Waals surface area contributed by atoms with Crippen molar-refractivity contribution >= 4 is 17.4 Å². The molecule has 0 N–H and O–H groups in total. The summed E-state index contributed by atoms with van der Waals surface area (Å²) in [5, 5.41) is 0. The summed E-state index contributed by atoms with van der Waals surface area (Å²) in [4.78, 5) is 4.32. The second kappa shape index (κ2) is 6.23. The van der Waals surface area contributed by atoms with Gasteiger partial charge in [0.1, 0.15) is 0 Å². The number of hydrogen-bond donors (Lipinski definition) is 0. The van der Waals surface area contributed by atoms with Crippen LogP contribution in [0.4, 0.5) is 0 Å². The average Bonchev–Trinajstić information content (AvgIpc) is 2.09. The summed E-state index contributed by atoms with van der Waals surface area (Å²) in [6.45, 7) is 4.42. The molecule has 0 saturated carbocycles. The molecule has 0 aromatic carbocycles. The van der Waals surface area contributed by atoms with Crippen molar-refractivity contribution in [3.8, 4) is 0 Å². The van der Waals surface area contributed by atoms with Crippen LogP contribution in [0.3, 0.4) is 0 Å². The van der Waals surface area contributed by atoms with E-state index in [9.17, 15) is 0 Å². The van der Waals surface area contributed by atoms with Crippen molar-refractivity contribution in [3.05, 3.63) is 30.1 Å². The quantitative estimate of drug-likeness (QED) is 0.645. The molecule has 3 radical (unpaired) electrons.